The summed E-state index contributed by atoms with van der Waals surface area (Å²) in [5.41, 5.74) is 3.43. The largest absolute Gasteiger partial charge is 0.361 e. The Labute approximate surface area is 117 Å². The molecule has 0 aliphatic carbocycles. The summed E-state index contributed by atoms with van der Waals surface area (Å²) in [5.74, 6) is 8.83. The Balaban J connectivity index is 2.23. The van der Waals surface area contributed by atoms with Crippen LogP contribution >= 0.6 is 0 Å². The van der Waals surface area contributed by atoms with Gasteiger partial charge in [0.1, 0.15) is 17.5 Å². The lowest BCUT2D eigenvalue weighted by atomic mass is 10.2. The first kappa shape index (κ1) is 14.2. The van der Waals surface area contributed by atoms with Crippen molar-refractivity contribution < 1.29 is 4.52 Å². The average molecular weight is 277 g/mol. The molecule has 0 spiro atoms. The summed E-state index contributed by atoms with van der Waals surface area (Å²) in [7, 11) is 0. The minimum absolute atomic E-state index is 0.203. The molecule has 0 radical (unpaired) electrons. The van der Waals surface area contributed by atoms with Gasteiger partial charge in [-0.05, 0) is 13.8 Å². The van der Waals surface area contributed by atoms with E-state index in [1.165, 1.54) is 0 Å². The van der Waals surface area contributed by atoms with E-state index in [1.807, 2.05) is 20.8 Å². The molecule has 8 heteroatoms. The summed E-state index contributed by atoms with van der Waals surface area (Å²) in [6, 6.07) is 0. The van der Waals surface area contributed by atoms with Gasteiger partial charge in [0.15, 0.2) is 5.82 Å². The third kappa shape index (κ3) is 3.02. The number of nitrogens with two attached hydrogens (primary N) is 1. The van der Waals surface area contributed by atoms with Gasteiger partial charge in [-0.3, -0.25) is 0 Å². The molecule has 0 aromatic carbocycles. The van der Waals surface area contributed by atoms with Gasteiger partial charge in [-0.1, -0.05) is 19.0 Å². The lowest BCUT2D eigenvalue weighted by molar-refractivity contribution is 0.379. The molecule has 4 N–H and O–H groups in total. The number of hydrogen-bond acceptors (Lipinski definition) is 8. The molecule has 0 aliphatic heterocycles. The minimum Gasteiger partial charge on any atom is -0.361 e. The fourth-order valence-electron chi connectivity index (χ4n) is 1.68. The van der Waals surface area contributed by atoms with Crippen LogP contribution in [-0.2, 0) is 6.54 Å². The predicted molar refractivity (Wildman–Crippen MR) is 75.0 cm³/mol. The van der Waals surface area contributed by atoms with Gasteiger partial charge in [0, 0.05) is 11.5 Å². The molecule has 2 rings (SSSR count). The third-order valence-electron chi connectivity index (χ3n) is 2.79. The van der Waals surface area contributed by atoms with Gasteiger partial charge in [0.2, 0.25) is 5.89 Å². The van der Waals surface area contributed by atoms with E-state index in [0.717, 1.165) is 5.56 Å². The monoisotopic (exact) mass is 277 g/mol. The van der Waals surface area contributed by atoms with Crippen molar-refractivity contribution in [3.05, 3.63) is 23.1 Å². The van der Waals surface area contributed by atoms with Gasteiger partial charge >= 0.3 is 0 Å². The summed E-state index contributed by atoms with van der Waals surface area (Å²) in [5, 5.41) is 6.91. The van der Waals surface area contributed by atoms with Crippen molar-refractivity contribution in [2.45, 2.75) is 40.2 Å². The standard InChI is InChI=1S/C12H19N7O/c1-6(2)10-16-11(7(3)12(17-10)18-13)14-5-9-15-8(4)19-20-9/h6H,5,13H2,1-4H3,(H2,14,16,17,18). The quantitative estimate of drug-likeness (QED) is 0.556. The first-order valence-electron chi connectivity index (χ1n) is 6.39. The summed E-state index contributed by atoms with van der Waals surface area (Å²) >= 11 is 0. The van der Waals surface area contributed by atoms with Crippen molar-refractivity contribution in [1.82, 2.24) is 20.1 Å². The van der Waals surface area contributed by atoms with Crippen LogP contribution in [0.25, 0.3) is 0 Å². The molecule has 0 bridgehead atoms. The summed E-state index contributed by atoms with van der Waals surface area (Å²) < 4.78 is 5.05. The minimum atomic E-state index is 0.203. The van der Waals surface area contributed by atoms with Crippen LogP contribution in [0.3, 0.4) is 0 Å². The van der Waals surface area contributed by atoms with Crippen LogP contribution in [0.15, 0.2) is 4.52 Å². The number of nitrogen functional groups attached to an aromatic ring is 1. The molecule has 2 aromatic heterocycles. The molecule has 108 valence electrons. The smallest absolute Gasteiger partial charge is 0.245 e. The van der Waals surface area contributed by atoms with Crippen LogP contribution < -0.4 is 16.6 Å². The van der Waals surface area contributed by atoms with E-state index in [1.54, 1.807) is 6.92 Å². The Hall–Kier alpha value is -2.22. The van der Waals surface area contributed by atoms with Crippen molar-refractivity contribution in [1.29, 1.82) is 0 Å². The molecule has 0 saturated heterocycles. The molecule has 0 unspecified atom stereocenters. The Morgan fingerprint density at radius 1 is 1.15 bits per heavy atom. The van der Waals surface area contributed by atoms with Crippen LogP contribution in [0.2, 0.25) is 0 Å². The van der Waals surface area contributed by atoms with E-state index in [9.17, 15) is 0 Å². The fourth-order valence-corrected chi connectivity index (χ4v) is 1.68. The van der Waals surface area contributed by atoms with Crippen molar-refractivity contribution >= 4 is 11.6 Å². The Bertz CT molecular complexity index is 593. The van der Waals surface area contributed by atoms with Gasteiger partial charge in [-0.2, -0.15) is 4.98 Å². The van der Waals surface area contributed by atoms with E-state index in [-0.39, 0.29) is 5.92 Å². The molecule has 2 heterocycles. The Kier molecular flexibility index (Phi) is 4.14. The molecule has 0 aliphatic rings. The highest BCUT2D eigenvalue weighted by Gasteiger charge is 2.13. The number of hydrazine groups is 1. The second-order valence-corrected chi connectivity index (χ2v) is 4.79. The van der Waals surface area contributed by atoms with Gasteiger partial charge in [0.05, 0.1) is 6.54 Å². The fraction of sp³-hybridized carbons (Fsp3) is 0.500. The highest BCUT2D eigenvalue weighted by atomic mass is 16.5. The summed E-state index contributed by atoms with van der Waals surface area (Å²) in [6.45, 7) is 8.11. The second kappa shape index (κ2) is 5.83. The lowest BCUT2D eigenvalue weighted by Crippen LogP contribution is -2.15. The maximum atomic E-state index is 5.49. The predicted octanol–water partition coefficient (Wildman–Crippen LogP) is 1.50. The number of rotatable bonds is 5. The highest BCUT2D eigenvalue weighted by molar-refractivity contribution is 5.56. The molecular weight excluding hydrogens is 258 g/mol. The molecule has 8 nitrogen and oxygen atoms in total. The Morgan fingerprint density at radius 2 is 1.85 bits per heavy atom. The van der Waals surface area contributed by atoms with Crippen molar-refractivity contribution in [2.24, 2.45) is 5.84 Å². The zero-order chi connectivity index (χ0) is 14.7. The van der Waals surface area contributed by atoms with Gasteiger partial charge in [-0.25, -0.2) is 15.8 Å². The number of nitrogens with zero attached hydrogens (tertiary/aromatic N) is 4. The number of anilines is 2. The van der Waals surface area contributed by atoms with E-state index in [0.29, 0.717) is 35.7 Å². The normalized spacial score (nSPS) is 10.9. The maximum absolute atomic E-state index is 5.49. The van der Waals surface area contributed by atoms with E-state index in [4.69, 9.17) is 10.4 Å². The summed E-state index contributed by atoms with van der Waals surface area (Å²) in [4.78, 5) is 13.0. The molecule has 20 heavy (non-hydrogen) atoms. The second-order valence-electron chi connectivity index (χ2n) is 4.79. The van der Waals surface area contributed by atoms with E-state index in [2.05, 4.69) is 30.9 Å². The molecule has 2 aromatic rings. The molecular formula is C12H19N7O. The van der Waals surface area contributed by atoms with Crippen LogP contribution in [0.5, 0.6) is 0 Å². The first-order valence-corrected chi connectivity index (χ1v) is 6.39. The lowest BCUT2D eigenvalue weighted by Gasteiger charge is -2.14. The van der Waals surface area contributed by atoms with Crippen molar-refractivity contribution in [2.75, 3.05) is 10.7 Å². The van der Waals surface area contributed by atoms with Crippen LogP contribution in [0.1, 0.15) is 42.9 Å². The molecule has 0 amide bonds. The maximum Gasteiger partial charge on any atom is 0.245 e. The van der Waals surface area contributed by atoms with E-state index >= 15 is 0 Å². The van der Waals surface area contributed by atoms with Crippen molar-refractivity contribution in [3.63, 3.8) is 0 Å². The van der Waals surface area contributed by atoms with Crippen LogP contribution in [0.4, 0.5) is 11.6 Å². The zero-order valence-electron chi connectivity index (χ0n) is 12.1. The first-order chi connectivity index (χ1) is 9.51. The third-order valence-corrected chi connectivity index (χ3v) is 2.79. The number of hydrogen-bond donors (Lipinski definition) is 3. The van der Waals surface area contributed by atoms with Crippen molar-refractivity contribution in [3.8, 4) is 0 Å². The highest BCUT2D eigenvalue weighted by Crippen LogP contribution is 2.22. The number of aryl methyl sites for hydroxylation is 1. The number of aromatic nitrogens is 4. The SMILES string of the molecule is Cc1noc(CNc2nc(C(C)C)nc(NN)c2C)n1. The Morgan fingerprint density at radius 3 is 2.40 bits per heavy atom. The van der Waals surface area contributed by atoms with Gasteiger partial charge < -0.3 is 15.3 Å². The average Bonchev–Trinajstić information content (AvgIpc) is 2.83. The number of nitrogens with one attached hydrogen (secondary N) is 2. The molecule has 0 atom stereocenters. The molecule has 0 fully saturated rings. The molecule has 0 saturated carbocycles. The van der Waals surface area contributed by atoms with E-state index < -0.39 is 0 Å². The van der Waals surface area contributed by atoms with Gasteiger partial charge in [-0.15, -0.1) is 0 Å². The van der Waals surface area contributed by atoms with Gasteiger partial charge in [0.25, 0.3) is 0 Å². The van der Waals surface area contributed by atoms with Crippen LogP contribution in [-0.4, -0.2) is 20.1 Å². The topological polar surface area (TPSA) is 115 Å². The summed E-state index contributed by atoms with van der Waals surface area (Å²) in [6.07, 6.45) is 0. The zero-order valence-corrected chi connectivity index (χ0v) is 12.1. The van der Waals surface area contributed by atoms with Crippen LogP contribution in [0, 0.1) is 13.8 Å².